The minimum Gasteiger partial charge on any atom is -0.300 e. The number of likely N-dealkylation sites (N-methyl/N-ethyl adjacent to an activating group) is 1. The van der Waals surface area contributed by atoms with Gasteiger partial charge in [-0.3, -0.25) is 19.8 Å². The lowest BCUT2D eigenvalue weighted by Gasteiger charge is -2.28. The van der Waals surface area contributed by atoms with E-state index in [2.05, 4.69) is 20.3 Å². The van der Waals surface area contributed by atoms with Crippen molar-refractivity contribution in [3.63, 3.8) is 0 Å². The Hall–Kier alpha value is -1.76. The van der Waals surface area contributed by atoms with E-state index in [1.807, 2.05) is 0 Å². The molecular formula is C10H14N4O3. The van der Waals surface area contributed by atoms with Crippen molar-refractivity contribution in [3.8, 4) is 0 Å². The summed E-state index contributed by atoms with van der Waals surface area (Å²) >= 11 is 0. The van der Waals surface area contributed by atoms with Gasteiger partial charge in [0.25, 0.3) is 0 Å². The number of carbonyl (C=O) groups is 2. The fraction of sp³-hybridized carbons (Fsp3) is 0.600. The number of hydrogen-bond acceptors (Lipinski definition) is 6. The molecule has 0 saturated carbocycles. The maximum Gasteiger partial charge on any atom is 0.246 e. The maximum atomic E-state index is 11.8. The average molecular weight is 238 g/mol. The zero-order chi connectivity index (χ0) is 12.4. The number of hydrogen-bond donors (Lipinski definition) is 1. The van der Waals surface area contributed by atoms with Crippen LogP contribution in [0, 0.1) is 6.92 Å². The molecule has 0 aromatic carbocycles. The first-order valence-electron chi connectivity index (χ1n) is 5.41. The van der Waals surface area contributed by atoms with Gasteiger partial charge in [0.1, 0.15) is 11.4 Å². The van der Waals surface area contributed by atoms with E-state index in [1.54, 1.807) is 6.92 Å². The van der Waals surface area contributed by atoms with Crippen LogP contribution in [0.25, 0.3) is 0 Å². The Morgan fingerprint density at radius 3 is 2.88 bits per heavy atom. The number of nitrogens with one attached hydrogen (secondary N) is 1. The maximum absolute atomic E-state index is 11.8. The molecule has 7 heteroatoms. The molecule has 1 aliphatic heterocycles. The van der Waals surface area contributed by atoms with Crippen molar-refractivity contribution in [1.82, 2.24) is 20.5 Å². The molecule has 1 aromatic heterocycles. The van der Waals surface area contributed by atoms with Crippen molar-refractivity contribution >= 4 is 11.8 Å². The molecule has 7 nitrogen and oxygen atoms in total. The molecule has 1 aliphatic rings. The van der Waals surface area contributed by atoms with Gasteiger partial charge in [0.15, 0.2) is 0 Å². The monoisotopic (exact) mass is 238 g/mol. The molecule has 1 aromatic rings. The summed E-state index contributed by atoms with van der Waals surface area (Å²) in [4.78, 5) is 24.2. The predicted molar refractivity (Wildman–Crippen MR) is 56.7 cm³/mol. The molecule has 2 rings (SSSR count). The zero-order valence-electron chi connectivity index (χ0n) is 9.77. The van der Waals surface area contributed by atoms with Gasteiger partial charge in [-0.15, -0.1) is 0 Å². The molecule has 1 atom stereocenters. The number of aromatic nitrogens is 2. The predicted octanol–water partition coefficient (Wildman–Crippen LogP) is -0.385. The van der Waals surface area contributed by atoms with Crippen molar-refractivity contribution in [2.75, 3.05) is 7.05 Å². The van der Waals surface area contributed by atoms with E-state index in [9.17, 15) is 9.59 Å². The summed E-state index contributed by atoms with van der Waals surface area (Å²) in [5, 5.41) is 10.4. The van der Waals surface area contributed by atoms with Gasteiger partial charge in [-0.25, -0.2) is 4.63 Å². The van der Waals surface area contributed by atoms with Crippen molar-refractivity contribution in [2.45, 2.75) is 32.4 Å². The average Bonchev–Trinajstić information content (AvgIpc) is 2.71. The Balaban J connectivity index is 1.94. The lowest BCUT2D eigenvalue weighted by molar-refractivity contribution is -0.148. The highest BCUT2D eigenvalue weighted by Crippen LogP contribution is 2.12. The van der Waals surface area contributed by atoms with E-state index < -0.39 is 0 Å². The Bertz CT molecular complexity index is 443. The summed E-state index contributed by atoms with van der Waals surface area (Å²) in [6.07, 6.45) is 0.905. The lowest BCUT2D eigenvalue weighted by Crippen LogP contribution is -2.51. The van der Waals surface area contributed by atoms with Crippen molar-refractivity contribution in [3.05, 3.63) is 11.4 Å². The van der Waals surface area contributed by atoms with E-state index in [0.29, 0.717) is 30.8 Å². The van der Waals surface area contributed by atoms with Crippen LogP contribution in [-0.4, -0.2) is 40.1 Å². The lowest BCUT2D eigenvalue weighted by atomic mass is 10.0. The van der Waals surface area contributed by atoms with Gasteiger partial charge < -0.3 is 0 Å². The third-order valence-corrected chi connectivity index (χ3v) is 2.91. The Morgan fingerprint density at radius 2 is 2.24 bits per heavy atom. The Labute approximate surface area is 98.1 Å². The van der Waals surface area contributed by atoms with Crippen LogP contribution in [0.2, 0.25) is 0 Å². The number of aryl methyl sites for hydroxylation is 1. The summed E-state index contributed by atoms with van der Waals surface area (Å²) in [6, 6.07) is -0.339. The second-order valence-electron chi connectivity index (χ2n) is 4.06. The highest BCUT2D eigenvalue weighted by Gasteiger charge is 2.31. The van der Waals surface area contributed by atoms with Gasteiger partial charge in [0.05, 0.1) is 6.04 Å². The SMILES string of the molecule is Cc1nonc1CNC1CCC(=O)N(C)C1=O. The third-order valence-electron chi connectivity index (χ3n) is 2.91. The van der Waals surface area contributed by atoms with Gasteiger partial charge in [-0.05, 0) is 13.3 Å². The van der Waals surface area contributed by atoms with E-state index in [-0.39, 0.29) is 17.9 Å². The van der Waals surface area contributed by atoms with Crippen LogP contribution < -0.4 is 5.32 Å². The third kappa shape index (κ3) is 2.33. The summed E-state index contributed by atoms with van der Waals surface area (Å²) in [5.41, 5.74) is 1.38. The van der Waals surface area contributed by atoms with Crippen LogP contribution in [0.3, 0.4) is 0 Å². The molecule has 1 unspecified atom stereocenters. The second-order valence-corrected chi connectivity index (χ2v) is 4.06. The fourth-order valence-electron chi connectivity index (χ4n) is 1.73. The summed E-state index contributed by atoms with van der Waals surface area (Å²) in [6.45, 7) is 2.19. The number of nitrogens with zero attached hydrogens (tertiary/aromatic N) is 3. The van der Waals surface area contributed by atoms with Gasteiger partial charge in [-0.2, -0.15) is 0 Å². The number of carbonyl (C=O) groups excluding carboxylic acids is 2. The normalized spacial score (nSPS) is 21.1. The molecule has 2 amide bonds. The largest absolute Gasteiger partial charge is 0.300 e. The Morgan fingerprint density at radius 1 is 1.47 bits per heavy atom. The molecule has 92 valence electrons. The number of amides is 2. The highest BCUT2D eigenvalue weighted by atomic mass is 16.6. The van der Waals surface area contributed by atoms with Crippen LogP contribution in [0.4, 0.5) is 0 Å². The number of piperidine rings is 1. The van der Waals surface area contributed by atoms with Gasteiger partial charge in [-0.1, -0.05) is 10.3 Å². The molecule has 1 saturated heterocycles. The summed E-state index contributed by atoms with van der Waals surface area (Å²) in [7, 11) is 1.50. The first kappa shape index (κ1) is 11.7. The molecule has 2 heterocycles. The molecule has 1 N–H and O–H groups in total. The van der Waals surface area contributed by atoms with Crippen LogP contribution in [0.1, 0.15) is 24.2 Å². The number of likely N-dealkylation sites (tertiary alicyclic amines) is 1. The van der Waals surface area contributed by atoms with E-state index >= 15 is 0 Å². The standard InChI is InChI=1S/C10H14N4O3/c1-6-8(13-17-12-6)5-11-7-3-4-9(15)14(2)10(7)16/h7,11H,3-5H2,1-2H3. The minimum absolute atomic E-state index is 0.132. The molecule has 0 spiro atoms. The number of imide groups is 1. The molecule has 17 heavy (non-hydrogen) atoms. The Kier molecular flexibility index (Phi) is 3.19. The zero-order valence-corrected chi connectivity index (χ0v) is 9.77. The summed E-state index contributed by atoms with van der Waals surface area (Å²) < 4.78 is 4.56. The van der Waals surface area contributed by atoms with Crippen LogP contribution in [0.5, 0.6) is 0 Å². The van der Waals surface area contributed by atoms with E-state index in [4.69, 9.17) is 0 Å². The van der Waals surface area contributed by atoms with Crippen LogP contribution >= 0.6 is 0 Å². The van der Waals surface area contributed by atoms with Crippen LogP contribution in [0.15, 0.2) is 4.63 Å². The van der Waals surface area contributed by atoms with Crippen molar-refractivity contribution in [1.29, 1.82) is 0 Å². The summed E-state index contributed by atoms with van der Waals surface area (Å²) in [5.74, 6) is -0.331. The molecule has 1 fully saturated rings. The molecular weight excluding hydrogens is 224 g/mol. The van der Waals surface area contributed by atoms with E-state index in [1.165, 1.54) is 7.05 Å². The van der Waals surface area contributed by atoms with Gasteiger partial charge >= 0.3 is 0 Å². The fourth-order valence-corrected chi connectivity index (χ4v) is 1.73. The molecule has 0 aliphatic carbocycles. The first-order valence-corrected chi connectivity index (χ1v) is 5.41. The topological polar surface area (TPSA) is 88.3 Å². The highest BCUT2D eigenvalue weighted by molar-refractivity contribution is 6.00. The van der Waals surface area contributed by atoms with E-state index in [0.717, 1.165) is 4.90 Å². The molecule has 0 radical (unpaired) electrons. The van der Waals surface area contributed by atoms with Crippen molar-refractivity contribution in [2.24, 2.45) is 0 Å². The smallest absolute Gasteiger partial charge is 0.246 e. The second kappa shape index (κ2) is 4.62. The van der Waals surface area contributed by atoms with Crippen LogP contribution in [-0.2, 0) is 16.1 Å². The van der Waals surface area contributed by atoms with Gasteiger partial charge in [0, 0.05) is 20.0 Å². The van der Waals surface area contributed by atoms with Crippen molar-refractivity contribution < 1.29 is 14.2 Å². The quantitative estimate of drug-likeness (QED) is 0.722. The minimum atomic E-state index is -0.339. The number of rotatable bonds is 3. The van der Waals surface area contributed by atoms with Gasteiger partial charge in [0.2, 0.25) is 11.8 Å². The molecule has 0 bridgehead atoms. The first-order chi connectivity index (χ1) is 8.09.